The molecule has 1 N–H and O–H groups in total. The minimum atomic E-state index is 0.542. The minimum Gasteiger partial charge on any atom is -0.311 e. The van der Waals surface area contributed by atoms with Gasteiger partial charge in [-0.3, -0.25) is 0 Å². The van der Waals surface area contributed by atoms with Gasteiger partial charge in [-0.2, -0.15) is 0 Å². The fourth-order valence-corrected chi connectivity index (χ4v) is 3.75. The average molecular weight is 221 g/mol. The van der Waals surface area contributed by atoms with Crippen LogP contribution >= 0.6 is 0 Å². The van der Waals surface area contributed by atoms with Crippen molar-refractivity contribution in [2.24, 2.45) is 11.3 Å². The summed E-state index contributed by atoms with van der Waals surface area (Å²) in [7, 11) is 0. The fraction of sp³-hybridized carbons (Fsp3) is 0.867. The van der Waals surface area contributed by atoms with Crippen LogP contribution in [0, 0.1) is 11.3 Å². The molecule has 0 aromatic rings. The van der Waals surface area contributed by atoms with Crippen molar-refractivity contribution in [2.75, 3.05) is 0 Å². The summed E-state index contributed by atoms with van der Waals surface area (Å²) in [5.74, 6) is 0.889. The molecule has 92 valence electrons. The number of allylic oxidation sites excluding steroid dienone is 1. The third-order valence-corrected chi connectivity index (χ3v) is 4.13. The Morgan fingerprint density at radius 3 is 2.56 bits per heavy atom. The van der Waals surface area contributed by atoms with Crippen molar-refractivity contribution in [1.82, 2.24) is 5.32 Å². The van der Waals surface area contributed by atoms with Crippen LogP contribution in [0.5, 0.6) is 0 Å². The molecule has 0 amide bonds. The third kappa shape index (κ3) is 3.35. The first-order valence-electron chi connectivity index (χ1n) is 6.96. The van der Waals surface area contributed by atoms with Crippen LogP contribution < -0.4 is 5.32 Å². The smallest absolute Gasteiger partial charge is 0.0107 e. The molecule has 2 rings (SSSR count). The lowest BCUT2D eigenvalue weighted by molar-refractivity contribution is 0.143. The number of rotatable bonds is 2. The van der Waals surface area contributed by atoms with Crippen molar-refractivity contribution in [3.05, 3.63) is 12.2 Å². The summed E-state index contributed by atoms with van der Waals surface area (Å²) < 4.78 is 0. The first-order chi connectivity index (χ1) is 7.55. The quantitative estimate of drug-likeness (QED) is 0.697. The van der Waals surface area contributed by atoms with E-state index >= 15 is 0 Å². The summed E-state index contributed by atoms with van der Waals surface area (Å²) in [4.78, 5) is 0. The van der Waals surface area contributed by atoms with E-state index in [0.29, 0.717) is 5.41 Å². The van der Waals surface area contributed by atoms with E-state index in [2.05, 4.69) is 38.2 Å². The second-order valence-electron chi connectivity index (χ2n) is 6.76. The SMILES string of the molecule is CC1CC(NC2CC=CCC2)CC(C)(C)C1. The molecule has 0 saturated heterocycles. The number of hydrogen-bond acceptors (Lipinski definition) is 1. The zero-order chi connectivity index (χ0) is 11.6. The van der Waals surface area contributed by atoms with E-state index in [1.54, 1.807) is 0 Å². The van der Waals surface area contributed by atoms with Gasteiger partial charge in [-0.25, -0.2) is 0 Å². The standard InChI is InChI=1S/C15H27N/c1-12-9-14(11-15(2,3)10-12)16-13-7-5-4-6-8-13/h4-5,12-14,16H,6-11H2,1-3H3. The maximum Gasteiger partial charge on any atom is 0.0107 e. The molecule has 1 fully saturated rings. The molecule has 0 bridgehead atoms. The molecule has 3 unspecified atom stereocenters. The zero-order valence-corrected chi connectivity index (χ0v) is 11.1. The number of nitrogens with one attached hydrogen (secondary N) is 1. The van der Waals surface area contributed by atoms with Gasteiger partial charge in [0.1, 0.15) is 0 Å². The Bertz CT molecular complexity index is 254. The van der Waals surface area contributed by atoms with E-state index in [4.69, 9.17) is 0 Å². The van der Waals surface area contributed by atoms with Crippen LogP contribution in [0.4, 0.5) is 0 Å². The third-order valence-electron chi connectivity index (χ3n) is 4.13. The van der Waals surface area contributed by atoms with Crippen molar-refractivity contribution < 1.29 is 0 Å². The van der Waals surface area contributed by atoms with Gasteiger partial charge >= 0.3 is 0 Å². The van der Waals surface area contributed by atoms with Crippen LogP contribution in [-0.4, -0.2) is 12.1 Å². The first kappa shape index (κ1) is 12.2. The largest absolute Gasteiger partial charge is 0.311 e. The summed E-state index contributed by atoms with van der Waals surface area (Å²) in [5, 5.41) is 3.89. The minimum absolute atomic E-state index is 0.542. The van der Waals surface area contributed by atoms with Gasteiger partial charge in [-0.15, -0.1) is 0 Å². The van der Waals surface area contributed by atoms with Crippen molar-refractivity contribution in [3.8, 4) is 0 Å². The highest BCUT2D eigenvalue weighted by atomic mass is 15.0. The molecular weight excluding hydrogens is 194 g/mol. The normalized spacial score (nSPS) is 38.6. The predicted octanol–water partition coefficient (Wildman–Crippen LogP) is 3.90. The Labute approximate surface area is 101 Å². The van der Waals surface area contributed by atoms with Crippen LogP contribution in [0.2, 0.25) is 0 Å². The Morgan fingerprint density at radius 1 is 1.12 bits per heavy atom. The van der Waals surface area contributed by atoms with Crippen LogP contribution in [0.15, 0.2) is 12.2 Å². The van der Waals surface area contributed by atoms with Crippen molar-refractivity contribution >= 4 is 0 Å². The van der Waals surface area contributed by atoms with Gasteiger partial charge in [0.05, 0.1) is 0 Å². The van der Waals surface area contributed by atoms with Crippen LogP contribution in [0.3, 0.4) is 0 Å². The van der Waals surface area contributed by atoms with E-state index in [1.165, 1.54) is 38.5 Å². The Morgan fingerprint density at radius 2 is 1.94 bits per heavy atom. The first-order valence-corrected chi connectivity index (χ1v) is 6.96. The topological polar surface area (TPSA) is 12.0 Å². The lowest BCUT2D eigenvalue weighted by Crippen LogP contribution is -2.45. The second kappa shape index (κ2) is 4.91. The van der Waals surface area contributed by atoms with Gasteiger partial charge in [0.25, 0.3) is 0 Å². The predicted molar refractivity (Wildman–Crippen MR) is 70.5 cm³/mol. The summed E-state index contributed by atoms with van der Waals surface area (Å²) in [6.45, 7) is 7.27. The lowest BCUT2D eigenvalue weighted by atomic mass is 9.70. The summed E-state index contributed by atoms with van der Waals surface area (Å²) >= 11 is 0. The lowest BCUT2D eigenvalue weighted by Gasteiger charge is -2.41. The van der Waals surface area contributed by atoms with Gasteiger partial charge in [0.2, 0.25) is 0 Å². The molecule has 1 heteroatoms. The summed E-state index contributed by atoms with van der Waals surface area (Å²) in [6, 6.07) is 1.51. The van der Waals surface area contributed by atoms with E-state index < -0.39 is 0 Å². The molecule has 3 atom stereocenters. The maximum absolute atomic E-state index is 3.89. The highest BCUT2D eigenvalue weighted by Crippen LogP contribution is 2.38. The summed E-state index contributed by atoms with van der Waals surface area (Å²) in [5.41, 5.74) is 0.542. The van der Waals surface area contributed by atoms with Gasteiger partial charge in [-0.05, 0) is 49.9 Å². The van der Waals surface area contributed by atoms with Crippen LogP contribution in [0.1, 0.15) is 59.3 Å². The van der Waals surface area contributed by atoms with E-state index in [1.807, 2.05) is 0 Å². The monoisotopic (exact) mass is 221 g/mol. The van der Waals surface area contributed by atoms with E-state index in [0.717, 1.165) is 18.0 Å². The van der Waals surface area contributed by atoms with Gasteiger partial charge < -0.3 is 5.32 Å². The van der Waals surface area contributed by atoms with Gasteiger partial charge in [0.15, 0.2) is 0 Å². The summed E-state index contributed by atoms with van der Waals surface area (Å²) in [6.07, 6.45) is 12.7. The van der Waals surface area contributed by atoms with Crippen molar-refractivity contribution in [1.29, 1.82) is 0 Å². The Hall–Kier alpha value is -0.300. The van der Waals surface area contributed by atoms with Crippen molar-refractivity contribution in [3.63, 3.8) is 0 Å². The van der Waals surface area contributed by atoms with E-state index in [-0.39, 0.29) is 0 Å². The Balaban J connectivity index is 1.86. The molecule has 2 aliphatic rings. The molecule has 0 heterocycles. The average Bonchev–Trinajstić information content (AvgIpc) is 2.15. The molecule has 1 saturated carbocycles. The molecule has 0 aromatic carbocycles. The molecule has 0 spiro atoms. The van der Waals surface area contributed by atoms with E-state index in [9.17, 15) is 0 Å². The second-order valence-corrected chi connectivity index (χ2v) is 6.76. The van der Waals surface area contributed by atoms with Gasteiger partial charge in [-0.1, -0.05) is 32.9 Å². The highest BCUT2D eigenvalue weighted by molar-refractivity contribution is 4.95. The van der Waals surface area contributed by atoms with Crippen molar-refractivity contribution in [2.45, 2.75) is 71.4 Å². The number of hydrogen-bond donors (Lipinski definition) is 1. The molecular formula is C15H27N. The molecule has 2 aliphatic carbocycles. The molecule has 16 heavy (non-hydrogen) atoms. The van der Waals surface area contributed by atoms with Gasteiger partial charge in [0, 0.05) is 12.1 Å². The van der Waals surface area contributed by atoms with Crippen LogP contribution in [0.25, 0.3) is 0 Å². The molecule has 1 nitrogen and oxygen atoms in total. The zero-order valence-electron chi connectivity index (χ0n) is 11.1. The Kier molecular flexibility index (Phi) is 3.73. The molecule has 0 aromatic heterocycles. The molecule has 0 radical (unpaired) electrons. The van der Waals surface area contributed by atoms with Crippen LogP contribution in [-0.2, 0) is 0 Å². The maximum atomic E-state index is 3.89. The highest BCUT2D eigenvalue weighted by Gasteiger charge is 2.32. The fourth-order valence-electron chi connectivity index (χ4n) is 3.75. The molecule has 0 aliphatic heterocycles.